The number of aromatic nitrogens is 4. The van der Waals surface area contributed by atoms with Crippen LogP contribution in [0.4, 0.5) is 0 Å². The molecule has 56 heavy (non-hydrogen) atoms. The van der Waals surface area contributed by atoms with Gasteiger partial charge in [-0.3, -0.25) is 9.59 Å². The Morgan fingerprint density at radius 3 is 1.27 bits per heavy atom. The van der Waals surface area contributed by atoms with Crippen molar-refractivity contribution in [2.45, 2.75) is 25.7 Å². The highest BCUT2D eigenvalue weighted by Crippen LogP contribution is 2.32. The van der Waals surface area contributed by atoms with Gasteiger partial charge in [0.05, 0.1) is 27.4 Å². The molecule has 2 heterocycles. The number of aromatic amines is 1. The Labute approximate surface area is 329 Å². The number of H-pyrrole nitrogens is 1. The van der Waals surface area contributed by atoms with E-state index < -0.39 is 38.7 Å². The van der Waals surface area contributed by atoms with Crippen molar-refractivity contribution in [1.29, 1.82) is 0 Å². The van der Waals surface area contributed by atoms with Crippen LogP contribution in [0, 0.1) is 20.8 Å². The molecule has 1 N–H and O–H groups in total. The molecule has 2 aromatic heterocycles. The van der Waals surface area contributed by atoms with E-state index in [4.69, 9.17) is 16.8 Å². The minimum absolute atomic E-state index is 0.0218. The van der Waals surface area contributed by atoms with Gasteiger partial charge >= 0.3 is 23.1 Å². The minimum Gasteiger partial charge on any atom is -0.267 e. The minimum atomic E-state index is -4.15. The van der Waals surface area contributed by atoms with Gasteiger partial charge in [-0.05, 0) is 55.2 Å². The van der Waals surface area contributed by atoms with Crippen LogP contribution < -0.4 is 11.1 Å². The molecule has 0 saturated heterocycles. The SMILES string of the molecule is Cc1ccc(S(=O)(=O)n2nc(C)c(-c3ccccc3)c(-c3ccccc3)c2=O)cc1.Cc1n[nH]c(=O)c(-c2ccccc2)c1-c1ccccc1.O=S=O.O=S=O. The zero-order chi connectivity index (χ0) is 40.7. The van der Waals surface area contributed by atoms with Gasteiger partial charge in [0.1, 0.15) is 0 Å². The van der Waals surface area contributed by atoms with Crippen LogP contribution in [0.1, 0.15) is 17.0 Å². The molecule has 0 spiro atoms. The molecule has 0 saturated carbocycles. The van der Waals surface area contributed by atoms with Crippen molar-refractivity contribution in [1.82, 2.24) is 19.4 Å². The molecule has 0 atom stereocenters. The molecule has 0 aliphatic carbocycles. The number of nitrogens with zero attached hydrogens (tertiary/aromatic N) is 3. The zero-order valence-electron chi connectivity index (χ0n) is 30.2. The first-order valence-corrected chi connectivity index (χ1v) is 19.4. The van der Waals surface area contributed by atoms with Crippen LogP contribution in [0.25, 0.3) is 44.5 Å². The van der Waals surface area contributed by atoms with Crippen molar-refractivity contribution in [2.24, 2.45) is 0 Å². The van der Waals surface area contributed by atoms with E-state index in [1.807, 2.05) is 123 Å². The highest BCUT2D eigenvalue weighted by molar-refractivity contribution is 7.89. The van der Waals surface area contributed by atoms with E-state index in [0.717, 1.165) is 33.5 Å². The summed E-state index contributed by atoms with van der Waals surface area (Å²) in [6.45, 7) is 5.49. The van der Waals surface area contributed by atoms with Crippen LogP contribution in [0.15, 0.2) is 160 Å². The van der Waals surface area contributed by atoms with Gasteiger partial charge in [0.15, 0.2) is 0 Å². The maximum Gasteiger partial charge on any atom is 0.335 e. The Hall–Kier alpha value is -6.55. The summed E-state index contributed by atoms with van der Waals surface area (Å²) < 4.78 is 60.3. The third-order valence-corrected chi connectivity index (χ3v) is 9.77. The second-order valence-electron chi connectivity index (χ2n) is 11.8. The number of hydrogen-bond donors (Lipinski definition) is 1. The fourth-order valence-corrected chi connectivity index (χ4v) is 7.02. The van der Waals surface area contributed by atoms with Crippen LogP contribution in [-0.2, 0) is 33.2 Å². The summed E-state index contributed by atoms with van der Waals surface area (Å²) in [5, 5.41) is 10.9. The molecule has 0 amide bonds. The van der Waals surface area contributed by atoms with Gasteiger partial charge in [0, 0.05) is 11.1 Å². The van der Waals surface area contributed by atoms with Crippen molar-refractivity contribution in [2.75, 3.05) is 0 Å². The summed E-state index contributed by atoms with van der Waals surface area (Å²) in [6.07, 6.45) is 0. The summed E-state index contributed by atoms with van der Waals surface area (Å²) in [5.41, 5.74) is 7.20. The largest absolute Gasteiger partial charge is 0.335 e. The van der Waals surface area contributed by atoms with E-state index in [2.05, 4.69) is 15.3 Å². The van der Waals surface area contributed by atoms with Crippen LogP contribution in [-0.4, -0.2) is 44.6 Å². The topological polar surface area (TPSA) is 183 Å². The lowest BCUT2D eigenvalue weighted by atomic mass is 9.95. The van der Waals surface area contributed by atoms with Crippen LogP contribution in [0.5, 0.6) is 0 Å². The zero-order valence-corrected chi connectivity index (χ0v) is 32.6. The van der Waals surface area contributed by atoms with Crippen molar-refractivity contribution in [3.8, 4) is 44.5 Å². The molecule has 12 nitrogen and oxygen atoms in total. The summed E-state index contributed by atoms with van der Waals surface area (Å²) in [6, 6.07) is 44.4. The molecule has 15 heteroatoms. The van der Waals surface area contributed by atoms with E-state index in [1.165, 1.54) is 12.1 Å². The highest BCUT2D eigenvalue weighted by atomic mass is 32.2. The van der Waals surface area contributed by atoms with Gasteiger partial charge in [-0.1, -0.05) is 139 Å². The Morgan fingerprint density at radius 2 is 0.857 bits per heavy atom. The Bertz CT molecular complexity index is 2690. The number of benzene rings is 5. The lowest BCUT2D eigenvalue weighted by molar-refractivity contribution is 0.574. The quantitative estimate of drug-likeness (QED) is 0.195. The normalized spacial score (nSPS) is 10.3. The maximum absolute atomic E-state index is 13.5. The molecule has 0 aliphatic rings. The van der Waals surface area contributed by atoms with Gasteiger partial charge < -0.3 is 0 Å². The Balaban J connectivity index is 0.000000231. The molecule has 0 unspecified atom stereocenters. The van der Waals surface area contributed by atoms with Gasteiger partial charge in [0.25, 0.3) is 21.1 Å². The standard InChI is InChI=1S/C24H20N2O3S.C17H14N2O.2O2S/c1-17-13-15-21(16-14-17)30(28,29)26-24(27)23(20-11-7-4-8-12-20)22(18(2)25-26)19-9-5-3-6-10-19;1-12-15(13-8-4-2-5-9-13)16(17(20)19-18-12)14-10-6-3-7-11-14;2*1-3-2/h3-16H,1-2H3;2-11H,1H3,(H,19,20);;. The molecule has 0 bridgehead atoms. The van der Waals surface area contributed by atoms with E-state index in [1.54, 1.807) is 31.2 Å². The average molecular weight is 807 g/mol. The molecule has 0 fully saturated rings. The van der Waals surface area contributed by atoms with Gasteiger partial charge in [-0.2, -0.15) is 35.5 Å². The fraction of sp³-hybridized carbons (Fsp3) is 0.0732. The lowest BCUT2D eigenvalue weighted by Crippen LogP contribution is -2.32. The summed E-state index contributed by atoms with van der Waals surface area (Å²) in [7, 11) is -4.15. The second-order valence-corrected chi connectivity index (χ2v) is 13.8. The van der Waals surface area contributed by atoms with Crippen molar-refractivity contribution < 1.29 is 25.3 Å². The number of hydrogen-bond acceptors (Lipinski definition) is 10. The van der Waals surface area contributed by atoms with E-state index in [-0.39, 0.29) is 10.5 Å². The highest BCUT2D eigenvalue weighted by Gasteiger charge is 2.26. The maximum atomic E-state index is 13.5. The molecule has 5 aromatic carbocycles. The van der Waals surface area contributed by atoms with Crippen molar-refractivity contribution >= 4 is 33.2 Å². The first-order chi connectivity index (χ1) is 27.0. The molecule has 284 valence electrons. The number of aryl methyl sites for hydroxylation is 3. The number of nitrogens with one attached hydrogen (secondary N) is 1. The van der Waals surface area contributed by atoms with Gasteiger partial charge in [-0.25, -0.2) is 5.10 Å². The molecule has 7 aromatic rings. The Morgan fingerprint density at radius 1 is 0.500 bits per heavy atom. The molecule has 7 rings (SSSR count). The summed E-state index contributed by atoms with van der Waals surface area (Å²) in [4.78, 5) is 25.8. The third kappa shape index (κ3) is 10.1. The number of rotatable bonds is 6. The van der Waals surface area contributed by atoms with Crippen molar-refractivity contribution in [3.63, 3.8) is 0 Å². The predicted octanol–water partition coefficient (Wildman–Crippen LogP) is 6.50. The Kier molecular flexibility index (Phi) is 15.2. The van der Waals surface area contributed by atoms with Crippen LogP contribution in [0.2, 0.25) is 0 Å². The summed E-state index contributed by atoms with van der Waals surface area (Å²) in [5.74, 6) is 0. The molecule has 0 radical (unpaired) electrons. The fourth-order valence-electron chi connectivity index (χ4n) is 5.80. The average Bonchev–Trinajstić information content (AvgIpc) is 3.21. The first-order valence-electron chi connectivity index (χ1n) is 16.6. The molecular weight excluding hydrogens is 773 g/mol. The predicted molar refractivity (Wildman–Crippen MR) is 216 cm³/mol. The molecular formula is C41H34N4O8S3. The molecule has 0 aliphatic heterocycles. The third-order valence-electron chi connectivity index (χ3n) is 8.20. The van der Waals surface area contributed by atoms with Crippen LogP contribution >= 0.6 is 0 Å². The van der Waals surface area contributed by atoms with E-state index >= 15 is 0 Å². The lowest BCUT2D eigenvalue weighted by Gasteiger charge is -2.16. The first kappa shape index (κ1) is 42.2. The van der Waals surface area contributed by atoms with Gasteiger partial charge in [0.2, 0.25) is 0 Å². The van der Waals surface area contributed by atoms with Gasteiger partial charge in [-0.15, -0.1) is 4.09 Å². The monoisotopic (exact) mass is 806 g/mol. The van der Waals surface area contributed by atoms with Crippen molar-refractivity contribution in [3.05, 3.63) is 183 Å². The van der Waals surface area contributed by atoms with Crippen LogP contribution in [0.3, 0.4) is 0 Å². The van der Waals surface area contributed by atoms with E-state index in [0.29, 0.717) is 32.0 Å². The smallest absolute Gasteiger partial charge is 0.267 e. The summed E-state index contributed by atoms with van der Waals surface area (Å²) >= 11 is -1.50. The van der Waals surface area contributed by atoms with E-state index in [9.17, 15) is 18.0 Å². The second kappa shape index (κ2) is 20.2.